The maximum absolute atomic E-state index is 12.7. The number of carbonyl (C=O) groups is 1. The molecule has 6 heteroatoms. The van der Waals surface area contributed by atoms with Gasteiger partial charge >= 0.3 is 0 Å². The molecule has 2 aromatic rings. The number of para-hydroxylation sites is 2. The van der Waals surface area contributed by atoms with Crippen molar-refractivity contribution in [2.75, 3.05) is 11.5 Å². The third-order valence-corrected chi connectivity index (χ3v) is 3.55. The molecular weight excluding hydrogens is 310 g/mol. The number of hydrogen-bond acceptors (Lipinski definition) is 4. The van der Waals surface area contributed by atoms with E-state index in [-0.39, 0.29) is 5.91 Å². The molecule has 0 bridgehead atoms. The van der Waals surface area contributed by atoms with Gasteiger partial charge in [0.2, 0.25) is 0 Å². The fraction of sp³-hybridized carbons (Fsp3) is 0.118. The standard InChI is InChI=1S/C17H15N3O2S/c1-2-22-15-9-4-3-8-14(15)20-16(21)13(19-17(20)23)11-12-7-5-6-10-18-12/h3-11H,2H2,1H3,(H,19,23)/b13-11+. The molecule has 0 saturated carbocycles. The van der Waals surface area contributed by atoms with E-state index in [0.717, 1.165) is 0 Å². The Balaban J connectivity index is 1.95. The molecule has 3 rings (SSSR count). The molecule has 116 valence electrons. The second-order valence-electron chi connectivity index (χ2n) is 4.78. The third-order valence-electron chi connectivity index (χ3n) is 3.26. The van der Waals surface area contributed by atoms with Gasteiger partial charge in [0.1, 0.15) is 11.4 Å². The van der Waals surface area contributed by atoms with Gasteiger partial charge < -0.3 is 10.1 Å². The van der Waals surface area contributed by atoms with Gasteiger partial charge in [-0.05, 0) is 49.5 Å². The molecule has 1 aliphatic heterocycles. The van der Waals surface area contributed by atoms with E-state index in [9.17, 15) is 4.79 Å². The van der Waals surface area contributed by atoms with Gasteiger partial charge in [0, 0.05) is 6.20 Å². The van der Waals surface area contributed by atoms with Gasteiger partial charge in [-0.1, -0.05) is 18.2 Å². The minimum atomic E-state index is -0.229. The minimum absolute atomic E-state index is 0.229. The van der Waals surface area contributed by atoms with Crippen LogP contribution < -0.4 is 15.0 Å². The Bertz CT molecular complexity index is 774. The predicted octanol–water partition coefficient (Wildman–Crippen LogP) is 2.74. The molecule has 0 radical (unpaired) electrons. The first-order chi connectivity index (χ1) is 11.2. The molecular formula is C17H15N3O2S. The maximum atomic E-state index is 12.7. The van der Waals surface area contributed by atoms with Gasteiger partial charge in [0.25, 0.3) is 5.91 Å². The predicted molar refractivity (Wildman–Crippen MR) is 93.0 cm³/mol. The Morgan fingerprint density at radius 3 is 2.78 bits per heavy atom. The molecule has 1 aromatic heterocycles. The largest absolute Gasteiger partial charge is 0.492 e. The summed E-state index contributed by atoms with van der Waals surface area (Å²) in [6, 6.07) is 12.8. The van der Waals surface area contributed by atoms with Gasteiger partial charge in [-0.3, -0.25) is 9.78 Å². The molecule has 0 spiro atoms. The summed E-state index contributed by atoms with van der Waals surface area (Å²) in [7, 11) is 0. The zero-order chi connectivity index (χ0) is 16.2. The highest BCUT2D eigenvalue weighted by Crippen LogP contribution is 2.31. The van der Waals surface area contributed by atoms with Crippen LogP contribution in [0.1, 0.15) is 12.6 Å². The highest BCUT2D eigenvalue weighted by atomic mass is 32.1. The lowest BCUT2D eigenvalue weighted by molar-refractivity contribution is -0.113. The SMILES string of the molecule is CCOc1ccccc1N1C(=O)/C(=C\c2ccccn2)NC1=S. The van der Waals surface area contributed by atoms with E-state index in [1.165, 1.54) is 4.90 Å². The van der Waals surface area contributed by atoms with E-state index in [1.54, 1.807) is 18.3 Å². The van der Waals surface area contributed by atoms with Crippen LogP contribution in [0.15, 0.2) is 54.4 Å². The van der Waals surface area contributed by atoms with Crippen LogP contribution in [0.2, 0.25) is 0 Å². The quantitative estimate of drug-likeness (QED) is 0.692. The Morgan fingerprint density at radius 1 is 1.26 bits per heavy atom. The van der Waals surface area contributed by atoms with Gasteiger partial charge in [0.15, 0.2) is 5.11 Å². The van der Waals surface area contributed by atoms with E-state index in [2.05, 4.69) is 10.3 Å². The smallest absolute Gasteiger partial charge is 0.281 e. The summed E-state index contributed by atoms with van der Waals surface area (Å²) in [6.45, 7) is 2.40. The van der Waals surface area contributed by atoms with Crippen LogP contribution in [0.4, 0.5) is 5.69 Å². The van der Waals surface area contributed by atoms with Crippen LogP contribution in [-0.2, 0) is 4.79 Å². The summed E-state index contributed by atoms with van der Waals surface area (Å²) in [5.74, 6) is 0.388. The highest BCUT2D eigenvalue weighted by Gasteiger charge is 2.33. The van der Waals surface area contributed by atoms with Crippen LogP contribution >= 0.6 is 12.2 Å². The molecule has 0 aliphatic carbocycles. The lowest BCUT2D eigenvalue weighted by Gasteiger charge is -2.17. The van der Waals surface area contributed by atoms with Crippen molar-refractivity contribution >= 4 is 35.0 Å². The topological polar surface area (TPSA) is 54.5 Å². The van der Waals surface area contributed by atoms with Crippen LogP contribution in [0.3, 0.4) is 0 Å². The molecule has 1 amide bonds. The third kappa shape index (κ3) is 3.07. The number of hydrogen-bond donors (Lipinski definition) is 1. The first-order valence-corrected chi connectivity index (χ1v) is 7.61. The summed E-state index contributed by atoms with van der Waals surface area (Å²) >= 11 is 5.31. The minimum Gasteiger partial charge on any atom is -0.492 e. The van der Waals surface area contributed by atoms with Crippen LogP contribution in [0.5, 0.6) is 5.75 Å². The Labute approximate surface area is 139 Å². The molecule has 23 heavy (non-hydrogen) atoms. The zero-order valence-electron chi connectivity index (χ0n) is 12.5. The van der Waals surface area contributed by atoms with Gasteiger partial charge in [-0.2, -0.15) is 0 Å². The molecule has 1 fully saturated rings. The lowest BCUT2D eigenvalue weighted by Crippen LogP contribution is -2.30. The number of nitrogens with one attached hydrogen (secondary N) is 1. The van der Waals surface area contributed by atoms with E-state index < -0.39 is 0 Å². The van der Waals surface area contributed by atoms with E-state index in [1.807, 2.05) is 43.3 Å². The Kier molecular flexibility index (Phi) is 4.34. The molecule has 0 unspecified atom stereocenters. The molecule has 0 atom stereocenters. The van der Waals surface area contributed by atoms with E-state index in [4.69, 9.17) is 17.0 Å². The number of carbonyl (C=O) groups excluding carboxylic acids is 1. The second-order valence-corrected chi connectivity index (χ2v) is 5.17. The van der Waals surface area contributed by atoms with Crippen molar-refractivity contribution in [1.29, 1.82) is 0 Å². The number of anilines is 1. The Hall–Kier alpha value is -2.73. The molecule has 1 saturated heterocycles. The van der Waals surface area contributed by atoms with Crippen molar-refractivity contribution in [2.24, 2.45) is 0 Å². The lowest BCUT2D eigenvalue weighted by atomic mass is 10.2. The molecule has 5 nitrogen and oxygen atoms in total. The molecule has 1 N–H and O–H groups in total. The van der Waals surface area contributed by atoms with Crippen molar-refractivity contribution in [1.82, 2.24) is 10.3 Å². The summed E-state index contributed by atoms with van der Waals surface area (Å²) in [5, 5.41) is 3.27. The van der Waals surface area contributed by atoms with Gasteiger partial charge in [-0.15, -0.1) is 0 Å². The van der Waals surface area contributed by atoms with Crippen LogP contribution in [0, 0.1) is 0 Å². The van der Waals surface area contributed by atoms with Crippen LogP contribution in [0.25, 0.3) is 6.08 Å². The first kappa shape index (κ1) is 15.2. The van der Waals surface area contributed by atoms with Crippen LogP contribution in [-0.4, -0.2) is 22.6 Å². The highest BCUT2D eigenvalue weighted by molar-refractivity contribution is 7.80. The molecule has 2 heterocycles. The number of amides is 1. The summed E-state index contributed by atoms with van der Waals surface area (Å²) < 4.78 is 5.59. The molecule has 1 aromatic carbocycles. The summed E-state index contributed by atoms with van der Waals surface area (Å²) in [5.41, 5.74) is 1.70. The average Bonchev–Trinajstić information content (AvgIpc) is 2.83. The summed E-state index contributed by atoms with van der Waals surface area (Å²) in [4.78, 5) is 18.3. The number of benzene rings is 1. The normalized spacial score (nSPS) is 15.9. The second kappa shape index (κ2) is 6.58. The number of nitrogens with zero attached hydrogens (tertiary/aromatic N) is 2. The molecule has 1 aliphatic rings. The van der Waals surface area contributed by atoms with Crippen molar-refractivity contribution in [3.63, 3.8) is 0 Å². The van der Waals surface area contributed by atoms with Crippen molar-refractivity contribution < 1.29 is 9.53 Å². The fourth-order valence-electron chi connectivity index (χ4n) is 2.28. The number of rotatable bonds is 4. The Morgan fingerprint density at radius 2 is 2.04 bits per heavy atom. The number of pyridine rings is 1. The fourth-order valence-corrected chi connectivity index (χ4v) is 2.57. The maximum Gasteiger partial charge on any atom is 0.281 e. The number of thiocarbonyl (C=S) groups is 1. The van der Waals surface area contributed by atoms with Gasteiger partial charge in [0.05, 0.1) is 18.0 Å². The van der Waals surface area contributed by atoms with E-state index >= 15 is 0 Å². The zero-order valence-corrected chi connectivity index (χ0v) is 13.3. The first-order valence-electron chi connectivity index (χ1n) is 7.20. The average molecular weight is 325 g/mol. The van der Waals surface area contributed by atoms with Crippen molar-refractivity contribution in [2.45, 2.75) is 6.92 Å². The van der Waals surface area contributed by atoms with Crippen molar-refractivity contribution in [3.05, 3.63) is 60.1 Å². The number of aromatic nitrogens is 1. The summed E-state index contributed by atoms with van der Waals surface area (Å²) in [6.07, 6.45) is 3.35. The van der Waals surface area contributed by atoms with Gasteiger partial charge in [-0.25, -0.2) is 4.90 Å². The monoisotopic (exact) mass is 325 g/mol. The van der Waals surface area contributed by atoms with Crippen molar-refractivity contribution in [3.8, 4) is 5.75 Å². The number of ether oxygens (including phenoxy) is 1. The van der Waals surface area contributed by atoms with E-state index in [0.29, 0.717) is 34.5 Å².